The molecule has 11 heteroatoms. The van der Waals surface area contributed by atoms with E-state index in [4.69, 9.17) is 11.6 Å². The molecule has 1 aliphatic rings. The summed E-state index contributed by atoms with van der Waals surface area (Å²) < 4.78 is 41.5. The van der Waals surface area contributed by atoms with Crippen LogP contribution in [0.25, 0.3) is 11.0 Å². The summed E-state index contributed by atoms with van der Waals surface area (Å²) in [5.74, 6) is 0. The molecule has 0 radical (unpaired) electrons. The van der Waals surface area contributed by atoms with E-state index < -0.39 is 22.5 Å². The second-order valence-corrected chi connectivity index (χ2v) is 7.39. The highest BCUT2D eigenvalue weighted by atomic mass is 35.5. The normalized spacial score (nSPS) is 17.1. The van der Waals surface area contributed by atoms with E-state index in [-0.39, 0.29) is 33.9 Å². The molecule has 148 valence electrons. The number of rotatable bonds is 3. The van der Waals surface area contributed by atoms with Gasteiger partial charge in [-0.25, -0.2) is 9.97 Å². The molecule has 1 atom stereocenters. The van der Waals surface area contributed by atoms with Gasteiger partial charge in [-0.15, -0.1) is 0 Å². The predicted molar refractivity (Wildman–Crippen MR) is 94.0 cm³/mol. The van der Waals surface area contributed by atoms with Gasteiger partial charge in [-0.2, -0.15) is 18.3 Å². The van der Waals surface area contributed by atoms with Crippen LogP contribution >= 0.6 is 11.6 Å². The van der Waals surface area contributed by atoms with Gasteiger partial charge in [0.1, 0.15) is 16.8 Å². The monoisotopic (exact) mass is 413 g/mol. The lowest BCUT2D eigenvalue weighted by atomic mass is 9.92. The van der Waals surface area contributed by atoms with E-state index in [1.807, 2.05) is 0 Å². The smallest absolute Gasteiger partial charge is 0.379 e. The Kier molecular flexibility index (Phi) is 4.06. The van der Waals surface area contributed by atoms with Crippen LogP contribution in [0.4, 0.5) is 13.2 Å². The molecule has 1 unspecified atom stereocenters. The second kappa shape index (κ2) is 6.02. The summed E-state index contributed by atoms with van der Waals surface area (Å²) in [7, 11) is 1.52. The fourth-order valence-corrected chi connectivity index (χ4v) is 3.56. The van der Waals surface area contributed by atoms with Crippen LogP contribution in [0.2, 0.25) is 5.02 Å². The minimum Gasteiger partial charge on any atom is -0.379 e. The van der Waals surface area contributed by atoms with Crippen LogP contribution in [-0.2, 0) is 18.8 Å². The lowest BCUT2D eigenvalue weighted by Gasteiger charge is -2.24. The topological polar surface area (TPSA) is 85.8 Å². The lowest BCUT2D eigenvalue weighted by molar-refractivity contribution is -0.141. The molecule has 0 spiro atoms. The van der Waals surface area contributed by atoms with E-state index in [0.29, 0.717) is 0 Å². The van der Waals surface area contributed by atoms with Gasteiger partial charge in [-0.1, -0.05) is 11.6 Å². The Bertz CT molecular complexity index is 1150. The van der Waals surface area contributed by atoms with Gasteiger partial charge in [0.15, 0.2) is 11.2 Å². The van der Waals surface area contributed by atoms with Gasteiger partial charge in [0, 0.05) is 24.8 Å². The fraction of sp³-hybridized carbons (Fsp3) is 0.412. The van der Waals surface area contributed by atoms with Crippen LogP contribution in [0.5, 0.6) is 0 Å². The zero-order valence-corrected chi connectivity index (χ0v) is 15.6. The molecule has 7 nitrogen and oxygen atoms in total. The summed E-state index contributed by atoms with van der Waals surface area (Å²) >= 11 is 5.74. The van der Waals surface area contributed by atoms with E-state index >= 15 is 0 Å². The van der Waals surface area contributed by atoms with Crippen molar-refractivity contribution in [3.63, 3.8) is 0 Å². The van der Waals surface area contributed by atoms with Crippen LogP contribution < -0.4 is 5.56 Å². The third kappa shape index (κ3) is 2.87. The van der Waals surface area contributed by atoms with E-state index in [2.05, 4.69) is 15.1 Å². The van der Waals surface area contributed by atoms with E-state index in [9.17, 15) is 23.1 Å². The molecule has 3 heterocycles. The highest BCUT2D eigenvalue weighted by Gasteiger charge is 2.39. The highest BCUT2D eigenvalue weighted by molar-refractivity contribution is 6.31. The molecule has 1 saturated carbocycles. The Labute approximate surface area is 161 Å². The summed E-state index contributed by atoms with van der Waals surface area (Å²) in [4.78, 5) is 20.3. The molecule has 1 N–H and O–H groups in total. The number of aliphatic hydroxyl groups is 1. The van der Waals surface area contributed by atoms with Crippen LogP contribution in [0.3, 0.4) is 0 Å². The summed E-state index contributed by atoms with van der Waals surface area (Å²) in [6, 6.07) is 1.11. The Morgan fingerprint density at radius 3 is 2.50 bits per heavy atom. The van der Waals surface area contributed by atoms with Crippen LogP contribution in [0, 0.1) is 0 Å². The molecule has 1 fully saturated rings. The first-order valence-corrected chi connectivity index (χ1v) is 8.79. The minimum atomic E-state index is -4.71. The number of hydrogen-bond donors (Lipinski definition) is 1. The van der Waals surface area contributed by atoms with Gasteiger partial charge >= 0.3 is 6.18 Å². The van der Waals surface area contributed by atoms with Gasteiger partial charge in [0.05, 0.1) is 11.3 Å². The molecule has 1 aliphatic carbocycles. The zero-order chi connectivity index (χ0) is 20.4. The van der Waals surface area contributed by atoms with Crippen molar-refractivity contribution in [3.8, 4) is 0 Å². The Hall–Kier alpha value is -2.46. The molecular weight excluding hydrogens is 399 g/mol. The number of nitrogens with zero attached hydrogens (tertiary/aromatic N) is 5. The quantitative estimate of drug-likeness (QED) is 0.713. The first kappa shape index (κ1) is 18.9. The maximum atomic E-state index is 12.9. The van der Waals surface area contributed by atoms with Crippen molar-refractivity contribution in [1.82, 2.24) is 24.3 Å². The first-order valence-electron chi connectivity index (χ1n) is 8.41. The van der Waals surface area contributed by atoms with Crippen molar-refractivity contribution in [2.45, 2.75) is 37.6 Å². The standard InChI is InChI=1S/C17H15ClF3N5O2/c1-16(28,8-5-10(18)13(22-6-8)17(19,20)21)14-11-12(24-25(14)2)15(27)26(7-23-11)9-3-4-9/h5-7,9,28H,3-4H2,1-2H3. The third-order valence-electron chi connectivity index (χ3n) is 4.84. The van der Waals surface area contributed by atoms with E-state index in [1.165, 1.54) is 29.5 Å². The van der Waals surface area contributed by atoms with Crippen molar-refractivity contribution in [3.05, 3.63) is 50.9 Å². The SMILES string of the molecule is Cn1nc2c(=O)n(C3CC3)cnc2c1C(C)(O)c1cnc(C(F)(F)F)c(Cl)c1. The van der Waals surface area contributed by atoms with Crippen LogP contribution in [0.1, 0.15) is 42.8 Å². The predicted octanol–water partition coefficient (Wildman–Crippen LogP) is 2.79. The van der Waals surface area contributed by atoms with Crippen LogP contribution in [0.15, 0.2) is 23.4 Å². The molecule has 0 amide bonds. The molecule has 0 aromatic carbocycles. The minimum absolute atomic E-state index is 0.0172. The second-order valence-electron chi connectivity index (χ2n) is 6.98. The fourth-order valence-electron chi connectivity index (χ4n) is 3.28. The Balaban J connectivity index is 1.87. The van der Waals surface area contributed by atoms with Crippen molar-refractivity contribution in [1.29, 1.82) is 0 Å². The van der Waals surface area contributed by atoms with E-state index in [0.717, 1.165) is 25.1 Å². The largest absolute Gasteiger partial charge is 0.434 e. The summed E-state index contributed by atoms with van der Waals surface area (Å²) in [5, 5.41) is 14.7. The number of halogens is 4. The third-order valence-corrected chi connectivity index (χ3v) is 5.13. The summed E-state index contributed by atoms with van der Waals surface area (Å²) in [6.45, 7) is 1.36. The number of aryl methyl sites for hydroxylation is 1. The molecule has 0 aliphatic heterocycles. The molecule has 28 heavy (non-hydrogen) atoms. The van der Waals surface area contributed by atoms with Gasteiger partial charge in [0.25, 0.3) is 5.56 Å². The Morgan fingerprint density at radius 1 is 1.25 bits per heavy atom. The van der Waals surface area contributed by atoms with E-state index in [1.54, 1.807) is 0 Å². The maximum absolute atomic E-state index is 12.9. The average Bonchev–Trinajstić information content (AvgIpc) is 3.36. The highest BCUT2D eigenvalue weighted by Crippen LogP contribution is 2.38. The Morgan fingerprint density at radius 2 is 1.93 bits per heavy atom. The molecule has 4 rings (SSSR count). The summed E-state index contributed by atoms with van der Waals surface area (Å²) in [6.07, 6.45) is -0.628. The molecule has 0 bridgehead atoms. The number of hydrogen-bond acceptors (Lipinski definition) is 5. The average molecular weight is 414 g/mol. The molecule has 3 aromatic heterocycles. The van der Waals surface area contributed by atoms with Crippen molar-refractivity contribution >= 4 is 22.6 Å². The molecular formula is C17H15ClF3N5O2. The van der Waals surface area contributed by atoms with Crippen molar-refractivity contribution in [2.24, 2.45) is 7.05 Å². The zero-order valence-electron chi connectivity index (χ0n) is 14.8. The number of aromatic nitrogens is 5. The summed E-state index contributed by atoms with van der Waals surface area (Å²) in [5.41, 5.74) is -2.98. The first-order chi connectivity index (χ1) is 13.0. The van der Waals surface area contributed by atoms with Gasteiger partial charge < -0.3 is 5.11 Å². The van der Waals surface area contributed by atoms with Crippen LogP contribution in [-0.4, -0.2) is 29.4 Å². The lowest BCUT2D eigenvalue weighted by Crippen LogP contribution is -2.27. The maximum Gasteiger partial charge on any atom is 0.434 e. The van der Waals surface area contributed by atoms with Crippen molar-refractivity contribution < 1.29 is 18.3 Å². The van der Waals surface area contributed by atoms with Crippen molar-refractivity contribution in [2.75, 3.05) is 0 Å². The molecule has 0 saturated heterocycles. The number of alkyl halides is 3. The number of pyridine rings is 1. The van der Waals surface area contributed by atoms with Gasteiger partial charge in [0.2, 0.25) is 0 Å². The van der Waals surface area contributed by atoms with Gasteiger partial charge in [-0.3, -0.25) is 14.0 Å². The molecule has 3 aromatic rings. The number of fused-ring (bicyclic) bond motifs is 1. The van der Waals surface area contributed by atoms with Gasteiger partial charge in [-0.05, 0) is 25.8 Å².